The van der Waals surface area contributed by atoms with E-state index in [0.717, 1.165) is 6.61 Å². The summed E-state index contributed by atoms with van der Waals surface area (Å²) in [6, 6.07) is 0. The maximum atomic E-state index is 4.72. The third-order valence-corrected chi connectivity index (χ3v) is 0.348. The van der Waals surface area contributed by atoms with Gasteiger partial charge in [0.05, 0.1) is 0 Å². The van der Waals surface area contributed by atoms with Gasteiger partial charge in [0.2, 0.25) is 0 Å². The average Bonchev–Trinajstić information content (AvgIpc) is 1.41. The van der Waals surface area contributed by atoms with E-state index in [4.69, 9.17) is 4.74 Å². The normalized spacial score (nSPS) is 7.00. The first kappa shape index (κ1) is 10.0. The number of hydrogen-bond acceptors (Lipinski definition) is 1. The van der Waals surface area contributed by atoms with Crippen LogP contribution in [-0.4, -0.2) is 42.8 Å². The third-order valence-electron chi connectivity index (χ3n) is 0.348. The molecule has 0 unspecified atom stereocenters. The van der Waals surface area contributed by atoms with E-state index in [0.29, 0.717) is 6.61 Å². The molecule has 0 heterocycles. The zero-order chi connectivity index (χ0) is 4.12. The maximum absolute atomic E-state index is 4.72. The summed E-state index contributed by atoms with van der Waals surface area (Å²) in [4.78, 5) is 0. The predicted octanol–water partition coefficient (Wildman–Crippen LogP) is 0.208. The molecule has 0 saturated heterocycles. The molecule has 0 aromatic heterocycles. The van der Waals surface area contributed by atoms with Gasteiger partial charge in [0.25, 0.3) is 0 Å². The van der Waals surface area contributed by atoms with Gasteiger partial charge in [-0.1, -0.05) is 0 Å². The monoisotopic (exact) mass is 97.1 g/mol. The van der Waals surface area contributed by atoms with E-state index in [2.05, 4.69) is 6.92 Å². The Morgan fingerprint density at radius 3 is 2.17 bits per heavy atom. The molecule has 2 heteroatoms. The molecule has 0 fully saturated rings. The van der Waals surface area contributed by atoms with Gasteiger partial charge in [-0.25, -0.2) is 0 Å². The Morgan fingerprint density at radius 1 is 1.67 bits per heavy atom. The van der Waals surface area contributed by atoms with Crippen LogP contribution in [0.5, 0.6) is 0 Å². The van der Waals surface area contributed by atoms with E-state index in [-0.39, 0.29) is 29.6 Å². The van der Waals surface area contributed by atoms with Crippen LogP contribution in [0.1, 0.15) is 6.92 Å². The molecule has 0 saturated carbocycles. The zero-order valence-corrected chi connectivity index (χ0v) is 3.53. The molecule has 0 aliphatic rings. The van der Waals surface area contributed by atoms with Gasteiger partial charge < -0.3 is 4.74 Å². The summed E-state index contributed by atoms with van der Waals surface area (Å²) in [6.07, 6.45) is 0. The second-order valence-electron chi connectivity index (χ2n) is 0.697. The molecule has 6 heavy (non-hydrogen) atoms. The Morgan fingerprint density at radius 2 is 2.17 bits per heavy atom. The first-order chi connectivity index (χ1) is 2.41. The Kier molecular flexibility index (Phi) is 15.7. The predicted molar refractivity (Wildman–Crippen MR) is 29.0 cm³/mol. The number of ether oxygens (including phenoxy) is 1. The van der Waals surface area contributed by atoms with Crippen LogP contribution in [0.25, 0.3) is 0 Å². The molecule has 0 amide bonds. The third kappa shape index (κ3) is 8.88. The SMILES string of the molecule is [CH2]COCC.[NaH]. The molecule has 0 atom stereocenters. The van der Waals surface area contributed by atoms with Crippen molar-refractivity contribution in [2.45, 2.75) is 6.92 Å². The van der Waals surface area contributed by atoms with Crippen molar-refractivity contribution in [2.24, 2.45) is 0 Å². The molecule has 0 N–H and O–H groups in total. The second-order valence-corrected chi connectivity index (χ2v) is 0.697. The van der Waals surface area contributed by atoms with Crippen LogP contribution in [0.3, 0.4) is 0 Å². The molecule has 0 aliphatic carbocycles. The van der Waals surface area contributed by atoms with Crippen molar-refractivity contribution < 1.29 is 4.74 Å². The Balaban J connectivity index is 0. The van der Waals surface area contributed by atoms with Crippen molar-refractivity contribution in [3.63, 3.8) is 0 Å². The zero-order valence-electron chi connectivity index (χ0n) is 3.53. The van der Waals surface area contributed by atoms with Gasteiger partial charge in [-0.05, 0) is 13.8 Å². The minimum absolute atomic E-state index is 0. The molecule has 0 spiro atoms. The fraction of sp³-hybridized carbons (Fsp3) is 0.750. The van der Waals surface area contributed by atoms with Crippen LogP contribution in [0.2, 0.25) is 0 Å². The average molecular weight is 97.1 g/mol. The van der Waals surface area contributed by atoms with Crippen LogP contribution in [0.4, 0.5) is 0 Å². The minimum atomic E-state index is 0. The fourth-order valence-electron chi connectivity index (χ4n) is 0.144. The Hall–Kier alpha value is 0.960. The molecule has 1 radical (unpaired) electrons. The van der Waals surface area contributed by atoms with Crippen molar-refractivity contribution in [3.05, 3.63) is 6.92 Å². The van der Waals surface area contributed by atoms with Crippen molar-refractivity contribution in [1.29, 1.82) is 0 Å². The molecule has 0 aromatic carbocycles. The fourth-order valence-corrected chi connectivity index (χ4v) is 0.144. The Labute approximate surface area is 61.4 Å². The van der Waals surface area contributed by atoms with Crippen molar-refractivity contribution in [3.8, 4) is 0 Å². The van der Waals surface area contributed by atoms with Crippen molar-refractivity contribution >= 4 is 29.6 Å². The van der Waals surface area contributed by atoms with E-state index in [1.807, 2.05) is 6.92 Å². The summed E-state index contributed by atoms with van der Waals surface area (Å²) >= 11 is 0. The molecular weight excluding hydrogens is 87.0 g/mol. The van der Waals surface area contributed by atoms with E-state index in [1.165, 1.54) is 0 Å². The summed E-state index contributed by atoms with van der Waals surface area (Å²) in [5, 5.41) is 0. The molecule has 1 nitrogen and oxygen atoms in total. The van der Waals surface area contributed by atoms with Crippen LogP contribution in [0.15, 0.2) is 0 Å². The summed E-state index contributed by atoms with van der Waals surface area (Å²) in [6.45, 7) is 6.78. The van der Waals surface area contributed by atoms with Gasteiger partial charge in [-0.15, -0.1) is 0 Å². The van der Waals surface area contributed by atoms with E-state index < -0.39 is 0 Å². The van der Waals surface area contributed by atoms with Crippen LogP contribution >= 0.6 is 0 Å². The summed E-state index contributed by atoms with van der Waals surface area (Å²) < 4.78 is 4.72. The van der Waals surface area contributed by atoms with Crippen LogP contribution < -0.4 is 0 Å². The van der Waals surface area contributed by atoms with Crippen LogP contribution in [-0.2, 0) is 4.74 Å². The number of hydrogen-bond donors (Lipinski definition) is 0. The first-order valence-electron chi connectivity index (χ1n) is 1.78. The molecule has 0 aromatic rings. The van der Waals surface area contributed by atoms with Crippen molar-refractivity contribution in [2.75, 3.05) is 13.2 Å². The van der Waals surface area contributed by atoms with Gasteiger partial charge in [0, 0.05) is 13.2 Å². The summed E-state index contributed by atoms with van der Waals surface area (Å²) in [5.41, 5.74) is 0. The molecule has 0 aliphatic heterocycles. The summed E-state index contributed by atoms with van der Waals surface area (Å²) in [7, 11) is 0. The summed E-state index contributed by atoms with van der Waals surface area (Å²) in [5.74, 6) is 0. The quantitative estimate of drug-likeness (QED) is 0.447. The molecule has 33 valence electrons. The molecule has 0 rings (SSSR count). The van der Waals surface area contributed by atoms with Gasteiger partial charge in [-0.2, -0.15) is 0 Å². The molecule has 0 bridgehead atoms. The number of rotatable bonds is 2. The Bertz CT molecular complexity index is 15.0. The topological polar surface area (TPSA) is 9.23 Å². The van der Waals surface area contributed by atoms with E-state index in [9.17, 15) is 0 Å². The van der Waals surface area contributed by atoms with Gasteiger partial charge in [0.15, 0.2) is 0 Å². The second kappa shape index (κ2) is 9.35. The molecular formula is C4H10NaO. The van der Waals surface area contributed by atoms with Gasteiger partial charge in [-0.3, -0.25) is 0 Å². The van der Waals surface area contributed by atoms with Gasteiger partial charge >= 0.3 is 29.6 Å². The van der Waals surface area contributed by atoms with E-state index >= 15 is 0 Å². The van der Waals surface area contributed by atoms with Gasteiger partial charge in [0.1, 0.15) is 0 Å². The van der Waals surface area contributed by atoms with Crippen LogP contribution in [0, 0.1) is 6.92 Å². The van der Waals surface area contributed by atoms with E-state index in [1.54, 1.807) is 0 Å². The standard InChI is InChI=1S/C4H9O.Na.H/c1-3-5-4-2;;/h1,3-4H2,2H3;;. The van der Waals surface area contributed by atoms with Crippen molar-refractivity contribution in [1.82, 2.24) is 0 Å². The first-order valence-corrected chi connectivity index (χ1v) is 1.78.